The summed E-state index contributed by atoms with van der Waals surface area (Å²) >= 11 is 0. The van der Waals surface area contributed by atoms with Gasteiger partial charge in [-0.1, -0.05) is 151 Å². The number of hydrogen-bond acceptors (Lipinski definition) is 20. The molecule has 16 N–H and O–H groups in total. The third kappa shape index (κ3) is 24.9. The minimum atomic E-state index is -1.24. The predicted molar refractivity (Wildman–Crippen MR) is 373 cm³/mol. The van der Waals surface area contributed by atoms with Crippen molar-refractivity contribution in [3.05, 3.63) is 0 Å². The van der Waals surface area contributed by atoms with Gasteiger partial charge in [-0.2, -0.15) is 0 Å². The molecule has 554 valence electrons. The van der Waals surface area contributed by atoms with Crippen molar-refractivity contribution in [2.75, 3.05) is 0 Å². The van der Waals surface area contributed by atoms with Gasteiger partial charge in [0.15, 0.2) is 46.3 Å². The van der Waals surface area contributed by atoms with Crippen LogP contribution in [0.5, 0.6) is 0 Å². The molecule has 0 aromatic heterocycles. The predicted octanol–water partition coefficient (Wildman–Crippen LogP) is 8.48. The van der Waals surface area contributed by atoms with Crippen LogP contribution in [0.1, 0.15) is 286 Å². The summed E-state index contributed by atoms with van der Waals surface area (Å²) in [6.45, 7) is 37.2. The molecule has 0 aliphatic heterocycles. The van der Waals surface area contributed by atoms with Crippen LogP contribution in [0.15, 0.2) is 0 Å². The Bertz CT molecular complexity index is 2490. The Morgan fingerprint density at radius 1 is 0.274 bits per heavy atom. The first-order valence-electron chi connectivity index (χ1n) is 36.4. The van der Waals surface area contributed by atoms with E-state index in [9.17, 15) is 79.2 Å². The van der Waals surface area contributed by atoms with Gasteiger partial charge in [-0.15, -0.1) is 0 Å². The van der Waals surface area contributed by atoms with Crippen molar-refractivity contribution in [3.8, 4) is 0 Å². The van der Waals surface area contributed by atoms with E-state index in [0.717, 1.165) is 70.6 Å². The number of rotatable bonds is 16. The van der Waals surface area contributed by atoms with Crippen LogP contribution in [0.2, 0.25) is 0 Å². The number of Topliss-reactive ketones (excluding diaryl/α,β-unsaturated/α-hetero) is 8. The Morgan fingerprint density at radius 3 is 0.853 bits per heavy atom. The molecule has 8 saturated carbocycles. The zero-order valence-electron chi connectivity index (χ0n) is 62.7. The van der Waals surface area contributed by atoms with Gasteiger partial charge in [-0.3, -0.25) is 38.4 Å². The zero-order chi connectivity index (χ0) is 74.1. The third-order valence-electron chi connectivity index (χ3n) is 21.2. The van der Waals surface area contributed by atoms with Crippen molar-refractivity contribution in [1.29, 1.82) is 0 Å². The van der Waals surface area contributed by atoms with Crippen LogP contribution in [-0.4, -0.2) is 156 Å². The maximum atomic E-state index is 11.7. The summed E-state index contributed by atoms with van der Waals surface area (Å²) in [5, 5.41) is 79.0. The second kappa shape index (κ2) is 37.5. The molecule has 8 fully saturated rings. The highest BCUT2D eigenvalue weighted by atomic mass is 16.3. The molecular weight excluding hydrogens is 1210 g/mol. The zero-order valence-corrected chi connectivity index (χ0v) is 62.7. The van der Waals surface area contributed by atoms with Crippen LogP contribution in [0, 0.1) is 71.0 Å². The van der Waals surface area contributed by atoms with Gasteiger partial charge in [0.1, 0.15) is 44.8 Å². The highest BCUT2D eigenvalue weighted by molar-refractivity contribution is 5.93. The molecular formula is C75H138N4O16. The van der Waals surface area contributed by atoms with Crippen molar-refractivity contribution >= 4 is 46.3 Å². The fourth-order valence-corrected chi connectivity index (χ4v) is 14.4. The second-order valence-corrected chi connectivity index (χ2v) is 32.9. The maximum absolute atomic E-state index is 11.7. The average molecular weight is 1350 g/mol. The maximum Gasteiger partial charge on any atom is 0.168 e. The summed E-state index contributed by atoms with van der Waals surface area (Å²) in [7, 11) is 0. The van der Waals surface area contributed by atoms with Gasteiger partial charge in [0, 0.05) is 71.5 Å². The summed E-state index contributed by atoms with van der Waals surface area (Å²) in [5.41, 5.74) is 14.1. The molecule has 0 aromatic carbocycles. The van der Waals surface area contributed by atoms with E-state index < -0.39 is 44.8 Å². The van der Waals surface area contributed by atoms with Crippen LogP contribution < -0.4 is 22.9 Å². The summed E-state index contributed by atoms with van der Waals surface area (Å²) in [5.74, 6) is 0.500. The topological polar surface area (TPSA) is 402 Å². The first kappa shape index (κ1) is 89.9. The van der Waals surface area contributed by atoms with Gasteiger partial charge in [-0.25, -0.2) is 0 Å². The summed E-state index contributed by atoms with van der Waals surface area (Å²) in [6.07, 6.45) is 16.9. The number of carbonyl (C=O) groups is 8. The molecule has 95 heavy (non-hydrogen) atoms. The first-order chi connectivity index (χ1) is 43.2. The van der Waals surface area contributed by atoms with E-state index in [4.69, 9.17) is 22.9 Å². The van der Waals surface area contributed by atoms with Gasteiger partial charge in [0.25, 0.3) is 0 Å². The Morgan fingerprint density at radius 2 is 0.579 bits per heavy atom. The number of hydrogen-bond donors (Lipinski definition) is 12. The van der Waals surface area contributed by atoms with E-state index in [1.54, 1.807) is 27.7 Å². The summed E-state index contributed by atoms with van der Waals surface area (Å²) in [4.78, 5) is 92.0. The lowest BCUT2D eigenvalue weighted by Crippen LogP contribution is -2.57. The Labute approximate surface area is 572 Å². The van der Waals surface area contributed by atoms with Crippen LogP contribution in [-0.2, 0) is 38.4 Å². The minimum absolute atomic E-state index is 0.000000000000000444. The Balaban J connectivity index is 0.000000544. The normalized spacial score (nSPS) is 36.0. The quantitative estimate of drug-likeness (QED) is 0.0689. The van der Waals surface area contributed by atoms with Crippen molar-refractivity contribution < 1.29 is 79.2 Å². The SMILES string of the molecule is CC(C)C(=O)C1(O)CC(N)C1.CC(C)C(=O)C1(O)CC1C.CC(C)C(=O)C1(O)CCC(N)CC1.CC(C)C(=O)C1(O)CCC1C.CC(C)C(=O)C1(O)CCCC1N.CC(C)C(=O)C1(O)CCCCC1N.CC1CCC(O)(C(=O)C(C)C)C1.CC1CCCC(O)(C(=O)C(C)C)C1. The molecule has 0 spiro atoms. The Kier molecular flexibility index (Phi) is 35.5. The van der Waals surface area contributed by atoms with E-state index in [1.165, 1.54) is 0 Å². The lowest BCUT2D eigenvalue weighted by atomic mass is 9.66. The lowest BCUT2D eigenvalue weighted by molar-refractivity contribution is -0.159. The van der Waals surface area contributed by atoms with Gasteiger partial charge in [0.2, 0.25) is 0 Å². The smallest absolute Gasteiger partial charge is 0.168 e. The van der Waals surface area contributed by atoms with Crippen LogP contribution in [0.4, 0.5) is 0 Å². The first-order valence-corrected chi connectivity index (χ1v) is 36.4. The summed E-state index contributed by atoms with van der Waals surface area (Å²) in [6, 6.07) is -0.536. The molecule has 8 aliphatic carbocycles. The molecule has 12 atom stereocenters. The van der Waals surface area contributed by atoms with Crippen LogP contribution in [0.3, 0.4) is 0 Å². The number of aliphatic hydroxyl groups is 8. The van der Waals surface area contributed by atoms with E-state index in [1.807, 2.05) is 96.9 Å². The molecule has 0 amide bonds. The highest BCUT2D eigenvalue weighted by Gasteiger charge is 2.56. The largest absolute Gasteiger partial charge is 0.382 e. The van der Waals surface area contributed by atoms with Gasteiger partial charge >= 0.3 is 0 Å². The highest BCUT2D eigenvalue weighted by Crippen LogP contribution is 2.45. The molecule has 8 rings (SSSR count). The average Bonchev–Trinajstić information content (AvgIpc) is 1.71. The van der Waals surface area contributed by atoms with Crippen molar-refractivity contribution in [2.45, 2.75) is 355 Å². The fraction of sp³-hybridized carbons (Fsp3) is 0.893. The van der Waals surface area contributed by atoms with Gasteiger partial charge in [-0.05, 0) is 159 Å². The molecule has 0 heterocycles. The van der Waals surface area contributed by atoms with Crippen LogP contribution in [0.25, 0.3) is 0 Å². The van der Waals surface area contributed by atoms with Crippen molar-refractivity contribution in [3.63, 3.8) is 0 Å². The van der Waals surface area contributed by atoms with E-state index >= 15 is 0 Å². The molecule has 8 aliphatic rings. The van der Waals surface area contributed by atoms with E-state index in [0.29, 0.717) is 88.9 Å². The standard InChI is InChI=1S/C11H20O2.2C10H19NO2.C10H18O2.C9H17NO2.C9H16O2.C8H15NO2.C8H14O2/c1-8(2)10(12)11(13)6-4-5-9(3)7-11;1-7(2)9(12)10(13)5-3-8(11)4-6-10;1-7(2)9(12)10(13)6-4-3-5-8(10)11;1-7(2)9(11)10(12)5-4-8(3)6-10;1-6(2)8(11)9(12)5-3-4-7(9)10;1-6(2)8(10)9(11)5-4-7(9)3;1-5(2)7(10)8(11)3-6(9)4-8;1-5(2)7(9)8(10)4-6(8)3/h8-9,13H,4-7H2,1-3H3;2*7-8,13H,3-6,11H2,1-2H3;7-8,12H,4-6H2,1-3H3;6-7,12H,3-5,10H2,1-2H3;6-7,11H,4-5H2,1-3H3;5-6,11H,3-4,9H2,1-2H3;5-6,10H,4H2,1-3H3. The lowest BCUT2D eigenvalue weighted by Gasteiger charge is -2.43. The Hall–Kier alpha value is -3.12. The molecule has 20 nitrogen and oxygen atoms in total. The van der Waals surface area contributed by atoms with E-state index in [-0.39, 0.29) is 130 Å². The number of nitrogens with two attached hydrogens (primary N) is 4. The van der Waals surface area contributed by atoms with Crippen molar-refractivity contribution in [2.24, 2.45) is 93.9 Å². The van der Waals surface area contributed by atoms with Gasteiger partial charge < -0.3 is 63.8 Å². The minimum Gasteiger partial charge on any atom is -0.382 e. The van der Waals surface area contributed by atoms with Crippen LogP contribution >= 0.6 is 0 Å². The van der Waals surface area contributed by atoms with E-state index in [2.05, 4.69) is 13.8 Å². The van der Waals surface area contributed by atoms with Gasteiger partial charge in [0.05, 0.1) is 0 Å². The number of ketones is 8. The monoisotopic (exact) mass is 1350 g/mol. The summed E-state index contributed by atoms with van der Waals surface area (Å²) < 4.78 is 0. The second-order valence-electron chi connectivity index (χ2n) is 32.9. The molecule has 0 aromatic rings. The fourth-order valence-electron chi connectivity index (χ4n) is 14.4. The third-order valence-corrected chi connectivity index (χ3v) is 21.2. The molecule has 0 saturated heterocycles. The molecule has 0 bridgehead atoms. The molecule has 0 radical (unpaired) electrons. The number of carbonyl (C=O) groups excluding carboxylic acids is 8. The van der Waals surface area contributed by atoms with Crippen molar-refractivity contribution in [1.82, 2.24) is 0 Å². The molecule has 12 unspecified atom stereocenters. The molecule has 20 heteroatoms.